The van der Waals surface area contributed by atoms with Gasteiger partial charge < -0.3 is 9.47 Å². The van der Waals surface area contributed by atoms with Gasteiger partial charge in [0.15, 0.2) is 5.15 Å². The lowest BCUT2D eigenvalue weighted by molar-refractivity contribution is -0.139. The van der Waals surface area contributed by atoms with Gasteiger partial charge in [-0.25, -0.2) is 9.97 Å². The van der Waals surface area contributed by atoms with Crippen molar-refractivity contribution in [1.29, 1.82) is 0 Å². The minimum absolute atomic E-state index is 0.00179. The normalized spacial score (nSPS) is 12.0. The topological polar surface area (TPSA) is 46.8 Å². The summed E-state index contributed by atoms with van der Waals surface area (Å²) in [6, 6.07) is 9.22. The van der Waals surface area contributed by atoms with Gasteiger partial charge in [0.25, 0.3) is 0 Å². The summed E-state index contributed by atoms with van der Waals surface area (Å²) < 4.78 is 40.6. The van der Waals surface area contributed by atoms with Gasteiger partial charge >= 0.3 is 6.18 Å². The summed E-state index contributed by atoms with van der Waals surface area (Å²) in [4.78, 5) is 14.2. The van der Waals surface area contributed by atoms with E-state index in [1.165, 1.54) is 6.33 Å². The monoisotopic (exact) mass is 419 g/mol. The molecule has 3 aromatic heterocycles. The maximum atomic E-state index is 13.2. The number of likely N-dealkylation sites (N-methyl/N-ethyl adjacent to an activating group) is 1. The summed E-state index contributed by atoms with van der Waals surface area (Å²) in [5.74, 6) is 0. The number of aromatic nitrogens is 4. The zero-order valence-electron chi connectivity index (χ0n) is 15.5. The molecule has 0 N–H and O–H groups in total. The van der Waals surface area contributed by atoms with Crippen LogP contribution in [-0.2, 0) is 13.0 Å². The van der Waals surface area contributed by atoms with Crippen molar-refractivity contribution < 1.29 is 13.2 Å². The van der Waals surface area contributed by atoms with E-state index in [2.05, 4.69) is 15.0 Å². The second-order valence-electron chi connectivity index (χ2n) is 6.80. The lowest BCUT2D eigenvalue weighted by atomic mass is 10.1. The number of benzene rings is 1. The predicted octanol–water partition coefficient (Wildman–Crippen LogP) is 4.87. The Hall–Kier alpha value is -2.87. The van der Waals surface area contributed by atoms with E-state index in [0.717, 1.165) is 28.8 Å². The molecule has 4 aromatic rings. The van der Waals surface area contributed by atoms with Crippen LogP contribution in [0.3, 0.4) is 0 Å². The van der Waals surface area contributed by atoms with Crippen LogP contribution in [0.1, 0.15) is 5.56 Å². The molecule has 150 valence electrons. The molecule has 0 bridgehead atoms. The number of hydrogen-bond acceptors (Lipinski definition) is 4. The van der Waals surface area contributed by atoms with Gasteiger partial charge in [0.05, 0.1) is 5.52 Å². The van der Waals surface area contributed by atoms with Gasteiger partial charge in [-0.3, -0.25) is 4.98 Å². The molecule has 3 heterocycles. The number of nitrogens with zero attached hydrogens (tertiary/aromatic N) is 5. The Morgan fingerprint density at radius 1 is 1.17 bits per heavy atom. The zero-order valence-corrected chi connectivity index (χ0v) is 16.2. The van der Waals surface area contributed by atoms with Crippen LogP contribution in [0, 0.1) is 0 Å². The van der Waals surface area contributed by atoms with E-state index in [0.29, 0.717) is 16.4 Å². The molecule has 0 unspecified atom stereocenters. The minimum Gasteiger partial charge on any atom is -0.374 e. The molecule has 0 saturated heterocycles. The smallest absolute Gasteiger partial charge is 0.374 e. The molecular formula is C20H17ClF3N5. The van der Waals surface area contributed by atoms with Gasteiger partial charge in [-0.05, 0) is 36.2 Å². The first-order valence-electron chi connectivity index (χ1n) is 8.93. The van der Waals surface area contributed by atoms with E-state index in [4.69, 9.17) is 11.6 Å². The highest BCUT2D eigenvalue weighted by atomic mass is 35.5. The molecule has 0 aliphatic rings. The number of anilines is 1. The molecule has 0 radical (unpaired) electrons. The zero-order chi connectivity index (χ0) is 20.6. The first-order chi connectivity index (χ1) is 13.8. The van der Waals surface area contributed by atoms with Gasteiger partial charge in [0.1, 0.15) is 23.9 Å². The fourth-order valence-electron chi connectivity index (χ4n) is 3.42. The van der Waals surface area contributed by atoms with Crippen LogP contribution in [0.5, 0.6) is 0 Å². The molecule has 0 saturated carbocycles. The van der Waals surface area contributed by atoms with Crippen LogP contribution in [0.15, 0.2) is 49.1 Å². The van der Waals surface area contributed by atoms with Gasteiger partial charge in [-0.15, -0.1) is 0 Å². The predicted molar refractivity (Wildman–Crippen MR) is 107 cm³/mol. The highest BCUT2D eigenvalue weighted by Gasteiger charge is 2.30. The molecule has 0 amide bonds. The molecule has 0 aliphatic carbocycles. The fourth-order valence-corrected chi connectivity index (χ4v) is 3.65. The van der Waals surface area contributed by atoms with Crippen molar-refractivity contribution in [1.82, 2.24) is 19.5 Å². The molecule has 9 heteroatoms. The summed E-state index contributed by atoms with van der Waals surface area (Å²) in [7, 11) is 1.94. The van der Waals surface area contributed by atoms with Crippen LogP contribution in [-0.4, -0.2) is 39.3 Å². The van der Waals surface area contributed by atoms with Gasteiger partial charge in [-0.1, -0.05) is 17.7 Å². The Balaban J connectivity index is 1.74. The van der Waals surface area contributed by atoms with E-state index in [1.807, 2.05) is 36.3 Å². The molecule has 4 rings (SSSR count). The Bertz CT molecular complexity index is 1160. The van der Waals surface area contributed by atoms with E-state index in [9.17, 15) is 13.2 Å². The average Bonchev–Trinajstić information content (AvgIpc) is 3.00. The first-order valence-corrected chi connectivity index (χ1v) is 9.30. The highest BCUT2D eigenvalue weighted by Crippen LogP contribution is 2.35. The molecule has 0 atom stereocenters. The third-order valence-electron chi connectivity index (χ3n) is 4.81. The van der Waals surface area contributed by atoms with E-state index in [1.54, 1.807) is 18.3 Å². The Labute approximate surface area is 169 Å². The standard InChI is InChI=1S/C20H17ClF3N5/c1-28(8-6-13-3-2-7-25-10-13)14-4-5-16-15(9-14)17-18(19(21)27-12-26-17)29(16)11-20(22,23)24/h2-5,7,9-10,12H,6,8,11H2,1H3. The van der Waals surface area contributed by atoms with Crippen LogP contribution < -0.4 is 4.90 Å². The van der Waals surface area contributed by atoms with Crippen LogP contribution >= 0.6 is 11.6 Å². The molecule has 0 fully saturated rings. The largest absolute Gasteiger partial charge is 0.406 e. The summed E-state index contributed by atoms with van der Waals surface area (Å²) in [5.41, 5.74) is 3.01. The van der Waals surface area contributed by atoms with Crippen molar-refractivity contribution in [3.63, 3.8) is 0 Å². The maximum absolute atomic E-state index is 13.2. The summed E-state index contributed by atoms with van der Waals surface area (Å²) >= 11 is 6.13. The van der Waals surface area contributed by atoms with E-state index >= 15 is 0 Å². The second-order valence-corrected chi connectivity index (χ2v) is 7.16. The second kappa shape index (κ2) is 7.51. The SMILES string of the molecule is CN(CCc1cccnc1)c1ccc2c(c1)c1ncnc(Cl)c1n2CC(F)(F)F. The van der Waals surface area contributed by atoms with Gasteiger partial charge in [0, 0.05) is 37.1 Å². The average molecular weight is 420 g/mol. The van der Waals surface area contributed by atoms with Crippen LogP contribution in [0.4, 0.5) is 18.9 Å². The number of alkyl halides is 3. The Kier molecular flexibility index (Phi) is 5.04. The number of hydrogen-bond donors (Lipinski definition) is 0. The van der Waals surface area contributed by atoms with Crippen LogP contribution in [0.2, 0.25) is 5.15 Å². The fraction of sp³-hybridized carbons (Fsp3) is 0.250. The Morgan fingerprint density at radius 3 is 2.72 bits per heavy atom. The van der Waals surface area contributed by atoms with Crippen molar-refractivity contribution in [3.8, 4) is 0 Å². The molecule has 5 nitrogen and oxygen atoms in total. The summed E-state index contributed by atoms with van der Waals surface area (Å²) in [6.07, 6.45) is 1.22. The Morgan fingerprint density at radius 2 is 2.00 bits per heavy atom. The van der Waals surface area contributed by atoms with E-state index < -0.39 is 12.7 Å². The van der Waals surface area contributed by atoms with Gasteiger partial charge in [-0.2, -0.15) is 13.2 Å². The van der Waals surface area contributed by atoms with Crippen molar-refractivity contribution in [2.45, 2.75) is 19.1 Å². The quantitative estimate of drug-likeness (QED) is 0.433. The molecular weight excluding hydrogens is 403 g/mol. The number of fused-ring (bicyclic) bond motifs is 3. The van der Waals surface area contributed by atoms with Crippen molar-refractivity contribution in [3.05, 3.63) is 59.8 Å². The van der Waals surface area contributed by atoms with Gasteiger partial charge in [0.2, 0.25) is 0 Å². The van der Waals surface area contributed by atoms with Crippen molar-refractivity contribution >= 4 is 39.2 Å². The van der Waals surface area contributed by atoms with E-state index in [-0.39, 0.29) is 10.7 Å². The molecule has 1 aromatic carbocycles. The summed E-state index contributed by atoms with van der Waals surface area (Å²) in [6.45, 7) is -0.426. The number of pyridine rings is 1. The summed E-state index contributed by atoms with van der Waals surface area (Å²) in [5, 5.41) is 0.612. The lowest BCUT2D eigenvalue weighted by Gasteiger charge is -2.19. The maximum Gasteiger partial charge on any atom is 0.406 e. The number of rotatable bonds is 5. The molecule has 0 spiro atoms. The highest BCUT2D eigenvalue weighted by molar-refractivity contribution is 6.34. The third-order valence-corrected chi connectivity index (χ3v) is 5.09. The lowest BCUT2D eigenvalue weighted by Crippen LogP contribution is -2.20. The van der Waals surface area contributed by atoms with Crippen molar-refractivity contribution in [2.75, 3.05) is 18.5 Å². The molecule has 0 aliphatic heterocycles. The first kappa shape index (κ1) is 19.4. The third kappa shape index (κ3) is 3.98. The van der Waals surface area contributed by atoms with Crippen molar-refractivity contribution in [2.24, 2.45) is 0 Å². The molecule has 29 heavy (non-hydrogen) atoms. The minimum atomic E-state index is -4.39. The number of halogens is 4. The van der Waals surface area contributed by atoms with Crippen LogP contribution in [0.25, 0.3) is 21.9 Å².